The molecule has 1 nitrogen and oxygen atoms in total. The molecule has 3 heteroatoms. The normalized spacial score (nSPS) is 41.6. The molecule has 0 N–H and O–H groups in total. The Hall–Kier alpha value is -0.0800. The first-order valence-electron chi connectivity index (χ1n) is 7.21. The van der Waals surface area contributed by atoms with Crippen LogP contribution in [0.3, 0.4) is 0 Å². The molecule has 4 saturated carbocycles. The van der Waals surface area contributed by atoms with Gasteiger partial charge in [-0.05, 0) is 63.2 Å². The van der Waals surface area contributed by atoms with Gasteiger partial charge in [-0.3, -0.25) is 0 Å². The zero-order chi connectivity index (χ0) is 12.3. The largest absolute Gasteiger partial charge is 0.246 e. The average molecular weight is 282 g/mol. The number of alkyl halides is 1. The second-order valence-corrected chi connectivity index (χ2v) is 8.39. The van der Waals surface area contributed by atoms with E-state index in [4.69, 9.17) is 16.6 Å². The Morgan fingerprint density at radius 3 is 2.22 bits per heavy atom. The van der Waals surface area contributed by atoms with Crippen LogP contribution in [-0.2, 0) is 11.3 Å². The first kappa shape index (κ1) is 11.7. The van der Waals surface area contributed by atoms with E-state index in [1.165, 1.54) is 54.1 Å². The van der Waals surface area contributed by atoms with Gasteiger partial charge in [0.1, 0.15) is 0 Å². The van der Waals surface area contributed by atoms with E-state index in [0.29, 0.717) is 11.3 Å². The molecular formula is C15H20ClNS. The topological polar surface area (TPSA) is 12.9 Å². The first-order valence-corrected chi connectivity index (χ1v) is 8.56. The number of hydrogen-bond acceptors (Lipinski definition) is 2. The second kappa shape index (κ2) is 3.96. The summed E-state index contributed by atoms with van der Waals surface area (Å²) < 4.78 is 0. The summed E-state index contributed by atoms with van der Waals surface area (Å²) in [6.45, 7) is 2.13. The van der Waals surface area contributed by atoms with Gasteiger partial charge in [0.25, 0.3) is 0 Å². The fourth-order valence-corrected chi connectivity index (χ4v) is 6.57. The van der Waals surface area contributed by atoms with Gasteiger partial charge in [0.15, 0.2) is 0 Å². The van der Waals surface area contributed by atoms with Crippen molar-refractivity contribution < 1.29 is 0 Å². The second-order valence-electron chi connectivity index (χ2n) is 6.84. The number of aromatic nitrogens is 1. The zero-order valence-electron chi connectivity index (χ0n) is 10.9. The van der Waals surface area contributed by atoms with E-state index in [1.807, 2.05) is 11.3 Å². The minimum Gasteiger partial charge on any atom is -0.246 e. The lowest BCUT2D eigenvalue weighted by molar-refractivity contribution is -0.00726. The lowest BCUT2D eigenvalue weighted by Crippen LogP contribution is -2.49. The monoisotopic (exact) mass is 281 g/mol. The minimum absolute atomic E-state index is 0.420. The molecule has 0 aliphatic heterocycles. The maximum absolute atomic E-state index is 6.16. The summed E-state index contributed by atoms with van der Waals surface area (Å²) in [5.41, 5.74) is 1.82. The van der Waals surface area contributed by atoms with Crippen molar-refractivity contribution in [2.75, 3.05) is 0 Å². The van der Waals surface area contributed by atoms with Crippen LogP contribution in [0.2, 0.25) is 0 Å². The number of nitrogens with zero attached hydrogens (tertiary/aromatic N) is 1. The van der Waals surface area contributed by atoms with Crippen molar-refractivity contribution in [2.45, 2.75) is 56.7 Å². The molecule has 0 radical (unpaired) electrons. The van der Waals surface area contributed by atoms with E-state index in [-0.39, 0.29) is 0 Å². The third-order valence-corrected chi connectivity index (χ3v) is 6.86. The van der Waals surface area contributed by atoms with Crippen LogP contribution in [0.4, 0.5) is 0 Å². The summed E-state index contributed by atoms with van der Waals surface area (Å²) in [5.74, 6) is 3.62. The molecule has 1 aromatic rings. The molecule has 0 spiro atoms. The van der Waals surface area contributed by atoms with E-state index in [0.717, 1.165) is 17.8 Å². The zero-order valence-corrected chi connectivity index (χ0v) is 12.5. The van der Waals surface area contributed by atoms with Crippen LogP contribution in [-0.4, -0.2) is 4.98 Å². The summed E-state index contributed by atoms with van der Waals surface area (Å²) >= 11 is 7.98. The van der Waals surface area contributed by atoms with Gasteiger partial charge in [0.05, 0.1) is 16.6 Å². The third kappa shape index (κ3) is 1.61. The highest BCUT2D eigenvalue weighted by Crippen LogP contribution is 2.61. The van der Waals surface area contributed by atoms with Crippen molar-refractivity contribution in [1.82, 2.24) is 4.98 Å². The van der Waals surface area contributed by atoms with Crippen molar-refractivity contribution in [3.8, 4) is 0 Å². The van der Waals surface area contributed by atoms with Gasteiger partial charge in [-0.15, -0.1) is 22.9 Å². The number of halogens is 1. The van der Waals surface area contributed by atoms with Gasteiger partial charge in [0, 0.05) is 10.3 Å². The van der Waals surface area contributed by atoms with Crippen molar-refractivity contribution >= 4 is 22.9 Å². The molecule has 0 atom stereocenters. The van der Waals surface area contributed by atoms with E-state index in [2.05, 4.69) is 6.92 Å². The minimum atomic E-state index is 0.420. The molecule has 1 heterocycles. The summed E-state index contributed by atoms with van der Waals surface area (Å²) in [6, 6.07) is 0. The van der Waals surface area contributed by atoms with E-state index in [1.54, 1.807) is 0 Å². The Morgan fingerprint density at radius 2 is 1.72 bits per heavy atom. The molecule has 0 unspecified atom stereocenters. The molecule has 98 valence electrons. The lowest BCUT2D eigenvalue weighted by atomic mass is 9.48. The first-order chi connectivity index (χ1) is 8.68. The molecule has 1 aromatic heterocycles. The summed E-state index contributed by atoms with van der Waals surface area (Å²) in [5, 5.41) is 1.20. The van der Waals surface area contributed by atoms with E-state index in [9.17, 15) is 0 Å². The maximum atomic E-state index is 6.16. The molecule has 18 heavy (non-hydrogen) atoms. The predicted molar refractivity (Wildman–Crippen MR) is 76.3 cm³/mol. The van der Waals surface area contributed by atoms with Gasteiger partial charge in [0.2, 0.25) is 0 Å². The van der Waals surface area contributed by atoms with Crippen LogP contribution in [0.15, 0.2) is 0 Å². The molecule has 4 aliphatic carbocycles. The van der Waals surface area contributed by atoms with Crippen LogP contribution in [0.1, 0.15) is 54.1 Å². The smallest absolute Gasteiger partial charge is 0.0900 e. The Morgan fingerprint density at radius 1 is 1.17 bits per heavy atom. The molecule has 0 saturated heterocycles. The summed E-state index contributed by atoms with van der Waals surface area (Å²) in [6.07, 6.45) is 8.68. The molecule has 4 fully saturated rings. The fourth-order valence-electron chi connectivity index (χ4n) is 5.37. The standard InChI is InChI=1S/C15H20ClNS/c1-9-17-14(13(8-16)18-9)15-5-10-2-11(6-15)4-12(3-10)7-15/h10-12H,2-8H2,1H3. The van der Waals surface area contributed by atoms with Crippen LogP contribution in [0, 0.1) is 24.7 Å². The average Bonchev–Trinajstić information content (AvgIpc) is 2.69. The van der Waals surface area contributed by atoms with Gasteiger partial charge in [-0.25, -0.2) is 4.98 Å². The lowest BCUT2D eigenvalue weighted by Gasteiger charge is -2.56. The predicted octanol–water partition coefficient (Wildman–Crippen LogP) is 4.66. The molecule has 4 aliphatic rings. The van der Waals surface area contributed by atoms with Gasteiger partial charge in [-0.1, -0.05) is 0 Å². The third-order valence-electron chi connectivity index (χ3n) is 5.47. The fraction of sp³-hybridized carbons (Fsp3) is 0.800. The number of aryl methyl sites for hydroxylation is 1. The Bertz CT molecular complexity index is 444. The maximum Gasteiger partial charge on any atom is 0.0900 e. The SMILES string of the molecule is Cc1nc(C23CC4CC(CC(C4)C2)C3)c(CCl)s1. The highest BCUT2D eigenvalue weighted by Gasteiger charge is 2.53. The van der Waals surface area contributed by atoms with Crippen molar-refractivity contribution in [3.05, 3.63) is 15.6 Å². The van der Waals surface area contributed by atoms with E-state index >= 15 is 0 Å². The van der Waals surface area contributed by atoms with Crippen molar-refractivity contribution in [3.63, 3.8) is 0 Å². The Kier molecular flexibility index (Phi) is 2.58. The van der Waals surface area contributed by atoms with Crippen molar-refractivity contribution in [2.24, 2.45) is 17.8 Å². The highest BCUT2D eigenvalue weighted by atomic mass is 35.5. The summed E-state index contributed by atoms with van der Waals surface area (Å²) in [4.78, 5) is 6.26. The van der Waals surface area contributed by atoms with E-state index < -0.39 is 0 Å². The van der Waals surface area contributed by atoms with Crippen LogP contribution in [0.5, 0.6) is 0 Å². The molecule has 0 amide bonds. The van der Waals surface area contributed by atoms with Crippen LogP contribution < -0.4 is 0 Å². The van der Waals surface area contributed by atoms with Crippen LogP contribution >= 0.6 is 22.9 Å². The Balaban J connectivity index is 1.78. The number of rotatable bonds is 2. The summed E-state index contributed by atoms with van der Waals surface area (Å²) in [7, 11) is 0. The number of thiazole rings is 1. The van der Waals surface area contributed by atoms with Gasteiger partial charge < -0.3 is 0 Å². The van der Waals surface area contributed by atoms with Crippen molar-refractivity contribution in [1.29, 1.82) is 0 Å². The molecule has 4 bridgehead atoms. The quantitative estimate of drug-likeness (QED) is 0.719. The Labute approximate surface area is 118 Å². The van der Waals surface area contributed by atoms with Crippen LogP contribution in [0.25, 0.3) is 0 Å². The van der Waals surface area contributed by atoms with Gasteiger partial charge >= 0.3 is 0 Å². The number of hydrogen-bond donors (Lipinski definition) is 0. The molecule has 5 rings (SSSR count). The highest BCUT2D eigenvalue weighted by molar-refractivity contribution is 7.11. The van der Waals surface area contributed by atoms with Gasteiger partial charge in [-0.2, -0.15) is 0 Å². The molecule has 0 aromatic carbocycles. The molecular weight excluding hydrogens is 262 g/mol.